The van der Waals surface area contributed by atoms with E-state index in [0.717, 1.165) is 19.5 Å². The van der Waals surface area contributed by atoms with Gasteiger partial charge < -0.3 is 10.0 Å². The van der Waals surface area contributed by atoms with Crippen molar-refractivity contribution in [1.29, 1.82) is 0 Å². The molecule has 1 N–H and O–H groups in total. The molecule has 1 aromatic rings. The van der Waals surface area contributed by atoms with E-state index >= 15 is 0 Å². The molecule has 1 aromatic carbocycles. The number of allylic oxidation sites excluding steroid dienone is 2. The number of aliphatic imine (C=N–C) groups is 1. The van der Waals surface area contributed by atoms with E-state index in [4.69, 9.17) is 4.99 Å². The number of amidine groups is 1. The van der Waals surface area contributed by atoms with Crippen molar-refractivity contribution in [2.24, 2.45) is 4.99 Å². The normalized spacial score (nSPS) is 17.1. The van der Waals surface area contributed by atoms with Gasteiger partial charge in [0.25, 0.3) is 0 Å². The number of unbranched alkanes of at least 4 members (excludes halogenated alkanes) is 12. The van der Waals surface area contributed by atoms with E-state index in [9.17, 15) is 5.11 Å². The molecule has 2 atom stereocenters. The molecule has 2 rings (SSSR count). The van der Waals surface area contributed by atoms with Crippen LogP contribution in [-0.4, -0.2) is 34.5 Å². The molecular weight excluding hydrogens is 404 g/mol. The fourth-order valence-electron chi connectivity index (χ4n) is 4.62. The molecule has 1 heterocycles. The Balaban J connectivity index is 1.50. The fraction of sp³-hybridized carbons (Fsp3) is 0.700. The minimum atomic E-state index is -0.374. The molecule has 2 unspecified atom stereocenters. The molecule has 1 aliphatic heterocycles. The molecule has 186 valence electrons. The summed E-state index contributed by atoms with van der Waals surface area (Å²) < 4.78 is 0. The summed E-state index contributed by atoms with van der Waals surface area (Å²) in [5, 5.41) is 10.0. The van der Waals surface area contributed by atoms with Crippen LogP contribution < -0.4 is 0 Å². The summed E-state index contributed by atoms with van der Waals surface area (Å²) in [6.45, 7) is 5.88. The van der Waals surface area contributed by atoms with E-state index in [-0.39, 0.29) is 12.1 Å². The maximum atomic E-state index is 10.0. The predicted octanol–water partition coefficient (Wildman–Crippen LogP) is 8.08. The van der Waals surface area contributed by atoms with Gasteiger partial charge in [0.2, 0.25) is 0 Å². The summed E-state index contributed by atoms with van der Waals surface area (Å²) in [6, 6.07) is 10.6. The molecule has 33 heavy (non-hydrogen) atoms. The molecule has 0 bridgehead atoms. The van der Waals surface area contributed by atoms with Crippen molar-refractivity contribution in [3.63, 3.8) is 0 Å². The first kappa shape index (κ1) is 27.6. The van der Waals surface area contributed by atoms with Gasteiger partial charge in [-0.2, -0.15) is 0 Å². The first-order valence-electron chi connectivity index (χ1n) is 13.9. The van der Waals surface area contributed by atoms with Gasteiger partial charge in [-0.25, -0.2) is 0 Å². The van der Waals surface area contributed by atoms with E-state index < -0.39 is 0 Å². The molecule has 3 heteroatoms. The van der Waals surface area contributed by atoms with Gasteiger partial charge >= 0.3 is 0 Å². The smallest absolute Gasteiger partial charge is 0.0998 e. The standard InChI is InChI=1S/C30H50N2O/c1-3-4-5-6-7-8-9-10-11-12-13-14-15-16-17-21-24-30-31-29(27(2)33)26-32(30)25-28-22-19-18-20-23-28/h10-11,18-20,22-23,27,29,33H,3-9,12-17,21,24-26H2,1-2H3. The quantitative estimate of drug-likeness (QED) is 0.169. The maximum absolute atomic E-state index is 10.0. The van der Waals surface area contributed by atoms with Crippen LogP contribution in [0, 0.1) is 0 Å². The highest BCUT2D eigenvalue weighted by atomic mass is 16.3. The summed E-state index contributed by atoms with van der Waals surface area (Å²) in [7, 11) is 0. The highest BCUT2D eigenvalue weighted by Crippen LogP contribution is 2.20. The molecule has 0 aliphatic carbocycles. The van der Waals surface area contributed by atoms with Crippen LogP contribution in [0.3, 0.4) is 0 Å². The third-order valence-electron chi connectivity index (χ3n) is 6.77. The number of nitrogens with zero attached hydrogens (tertiary/aromatic N) is 2. The topological polar surface area (TPSA) is 35.8 Å². The van der Waals surface area contributed by atoms with E-state index in [2.05, 4.69) is 54.3 Å². The van der Waals surface area contributed by atoms with Gasteiger partial charge in [0.1, 0.15) is 0 Å². The average molecular weight is 455 g/mol. The van der Waals surface area contributed by atoms with Crippen LogP contribution in [-0.2, 0) is 6.54 Å². The van der Waals surface area contributed by atoms with Crippen LogP contribution in [0.1, 0.15) is 116 Å². The van der Waals surface area contributed by atoms with Crippen molar-refractivity contribution in [3.05, 3.63) is 48.0 Å². The summed E-state index contributed by atoms with van der Waals surface area (Å²) in [6.07, 6.45) is 24.2. The lowest BCUT2D eigenvalue weighted by molar-refractivity contribution is 0.159. The first-order chi connectivity index (χ1) is 16.2. The average Bonchev–Trinajstić information content (AvgIpc) is 3.22. The van der Waals surface area contributed by atoms with Crippen molar-refractivity contribution in [1.82, 2.24) is 4.90 Å². The van der Waals surface area contributed by atoms with Gasteiger partial charge in [0, 0.05) is 19.5 Å². The fourth-order valence-corrected chi connectivity index (χ4v) is 4.62. The minimum absolute atomic E-state index is 0.0258. The number of aliphatic hydroxyl groups is 1. The number of rotatable bonds is 19. The van der Waals surface area contributed by atoms with Gasteiger partial charge in [-0.15, -0.1) is 0 Å². The summed E-state index contributed by atoms with van der Waals surface area (Å²) in [4.78, 5) is 7.24. The summed E-state index contributed by atoms with van der Waals surface area (Å²) in [5.41, 5.74) is 1.32. The lowest BCUT2D eigenvalue weighted by Gasteiger charge is -2.22. The largest absolute Gasteiger partial charge is 0.391 e. The second-order valence-electron chi connectivity index (χ2n) is 9.91. The Morgan fingerprint density at radius 2 is 1.45 bits per heavy atom. The van der Waals surface area contributed by atoms with Gasteiger partial charge in [-0.05, 0) is 44.6 Å². The molecule has 0 saturated heterocycles. The first-order valence-corrected chi connectivity index (χ1v) is 13.9. The van der Waals surface area contributed by atoms with Crippen molar-refractivity contribution in [2.75, 3.05) is 6.54 Å². The number of hydrogen-bond acceptors (Lipinski definition) is 3. The summed E-state index contributed by atoms with van der Waals surface area (Å²) >= 11 is 0. The number of benzene rings is 1. The Kier molecular flexibility index (Phi) is 14.9. The monoisotopic (exact) mass is 454 g/mol. The van der Waals surface area contributed by atoms with Crippen LogP contribution >= 0.6 is 0 Å². The third-order valence-corrected chi connectivity index (χ3v) is 6.77. The lowest BCUT2D eigenvalue weighted by Crippen LogP contribution is -2.32. The minimum Gasteiger partial charge on any atom is -0.391 e. The SMILES string of the molecule is CCCCCCCCC=CCCCCCCCCC1=NC(C(C)O)CN1Cc1ccccc1. The lowest BCUT2D eigenvalue weighted by atomic mass is 10.1. The van der Waals surface area contributed by atoms with Crippen LogP contribution in [0.4, 0.5) is 0 Å². The van der Waals surface area contributed by atoms with Gasteiger partial charge in [0.15, 0.2) is 0 Å². The highest BCUT2D eigenvalue weighted by Gasteiger charge is 2.27. The zero-order valence-electron chi connectivity index (χ0n) is 21.6. The maximum Gasteiger partial charge on any atom is 0.0998 e. The van der Waals surface area contributed by atoms with Crippen LogP contribution in [0.25, 0.3) is 0 Å². The van der Waals surface area contributed by atoms with Crippen molar-refractivity contribution >= 4 is 5.84 Å². The number of aliphatic hydroxyl groups excluding tert-OH is 1. The van der Waals surface area contributed by atoms with Crippen LogP contribution in [0.15, 0.2) is 47.5 Å². The molecule has 0 radical (unpaired) electrons. The van der Waals surface area contributed by atoms with Crippen LogP contribution in [0.5, 0.6) is 0 Å². The summed E-state index contributed by atoms with van der Waals surface area (Å²) in [5.74, 6) is 1.19. The van der Waals surface area contributed by atoms with Gasteiger partial charge in [0.05, 0.1) is 18.0 Å². The Morgan fingerprint density at radius 3 is 2.06 bits per heavy atom. The Bertz CT molecular complexity index is 653. The molecule has 0 spiro atoms. The Morgan fingerprint density at radius 1 is 0.879 bits per heavy atom. The van der Waals surface area contributed by atoms with E-state index in [1.54, 1.807) is 0 Å². The van der Waals surface area contributed by atoms with Crippen molar-refractivity contribution in [3.8, 4) is 0 Å². The van der Waals surface area contributed by atoms with Gasteiger partial charge in [-0.3, -0.25) is 4.99 Å². The molecule has 0 saturated carbocycles. The Labute approximate surface area is 204 Å². The molecule has 0 aromatic heterocycles. The zero-order chi connectivity index (χ0) is 23.6. The second-order valence-corrected chi connectivity index (χ2v) is 9.91. The zero-order valence-corrected chi connectivity index (χ0v) is 21.6. The van der Waals surface area contributed by atoms with Crippen LogP contribution in [0.2, 0.25) is 0 Å². The molecule has 0 amide bonds. The van der Waals surface area contributed by atoms with E-state index in [0.29, 0.717) is 0 Å². The molecular formula is C30H50N2O. The van der Waals surface area contributed by atoms with Crippen molar-refractivity contribution < 1.29 is 5.11 Å². The Hall–Kier alpha value is -1.61. The predicted molar refractivity (Wildman–Crippen MR) is 144 cm³/mol. The molecule has 0 fully saturated rings. The molecule has 3 nitrogen and oxygen atoms in total. The van der Waals surface area contributed by atoms with E-state index in [1.165, 1.54) is 101 Å². The van der Waals surface area contributed by atoms with Crippen molar-refractivity contribution in [2.45, 2.75) is 129 Å². The highest BCUT2D eigenvalue weighted by molar-refractivity contribution is 5.84. The molecule has 1 aliphatic rings. The van der Waals surface area contributed by atoms with Gasteiger partial charge in [-0.1, -0.05) is 107 Å². The second kappa shape index (κ2) is 17.8. The third kappa shape index (κ3) is 12.4. The van der Waals surface area contributed by atoms with E-state index in [1.807, 2.05) is 6.92 Å². The number of hydrogen-bond donors (Lipinski definition) is 1.